The monoisotopic (exact) mass is 273 g/mol. The van der Waals surface area contributed by atoms with E-state index < -0.39 is 0 Å². The lowest BCUT2D eigenvalue weighted by molar-refractivity contribution is 0.108. The van der Waals surface area contributed by atoms with Crippen molar-refractivity contribution in [2.24, 2.45) is 5.92 Å². The van der Waals surface area contributed by atoms with Crippen molar-refractivity contribution < 1.29 is 0 Å². The molecule has 102 valence electrons. The Morgan fingerprint density at radius 2 is 2.00 bits per heavy atom. The molecule has 1 aromatic rings. The molecular formula is C17H23NS. The van der Waals surface area contributed by atoms with Crippen LogP contribution in [0.15, 0.2) is 29.2 Å². The highest BCUT2D eigenvalue weighted by molar-refractivity contribution is 7.99. The average Bonchev–Trinajstić information content (AvgIpc) is 3.06. The Balaban J connectivity index is 1.50. The van der Waals surface area contributed by atoms with Crippen LogP contribution >= 0.6 is 11.8 Å². The second-order valence-corrected chi connectivity index (χ2v) is 7.50. The number of rotatable bonds is 2. The Kier molecular flexibility index (Phi) is 3.32. The van der Waals surface area contributed by atoms with Gasteiger partial charge in [0.2, 0.25) is 0 Å². The molecule has 2 heteroatoms. The van der Waals surface area contributed by atoms with E-state index in [1.54, 1.807) is 5.56 Å². The molecule has 1 aromatic carbocycles. The number of piperidine rings is 1. The fourth-order valence-corrected chi connectivity index (χ4v) is 5.69. The number of benzene rings is 1. The first-order valence-electron chi connectivity index (χ1n) is 7.87. The molecule has 0 spiro atoms. The van der Waals surface area contributed by atoms with Gasteiger partial charge in [-0.25, -0.2) is 0 Å². The Bertz CT molecular complexity index is 458. The highest BCUT2D eigenvalue weighted by Gasteiger charge is 2.36. The molecule has 4 rings (SSSR count). The lowest BCUT2D eigenvalue weighted by atomic mass is 9.90. The Labute approximate surface area is 120 Å². The third kappa shape index (κ3) is 2.23. The standard InChI is InChI=1S/C17H23NS/c1-2-9-17-15(7-1)14(12-19-17)11-18-10-4-6-13-5-3-8-16(13)18/h1-2,7,9,13-14,16H,3-6,8,10-12H2. The molecule has 2 aliphatic heterocycles. The van der Waals surface area contributed by atoms with Crippen molar-refractivity contribution in [1.82, 2.24) is 4.90 Å². The molecule has 1 aliphatic carbocycles. The summed E-state index contributed by atoms with van der Waals surface area (Å²) in [4.78, 5) is 4.38. The minimum Gasteiger partial charge on any atom is -0.299 e. The minimum absolute atomic E-state index is 0.778. The highest BCUT2D eigenvalue weighted by atomic mass is 32.2. The Hall–Kier alpha value is -0.470. The normalized spacial score (nSPS) is 34.2. The lowest BCUT2D eigenvalue weighted by Gasteiger charge is -2.39. The highest BCUT2D eigenvalue weighted by Crippen LogP contribution is 2.42. The molecular weight excluding hydrogens is 250 g/mol. The third-order valence-corrected chi connectivity index (χ3v) is 6.61. The van der Waals surface area contributed by atoms with E-state index in [0.29, 0.717) is 0 Å². The second-order valence-electron chi connectivity index (χ2n) is 6.44. The quantitative estimate of drug-likeness (QED) is 0.796. The van der Waals surface area contributed by atoms with Crippen LogP contribution in [0.4, 0.5) is 0 Å². The lowest BCUT2D eigenvalue weighted by Crippen LogP contribution is -2.44. The van der Waals surface area contributed by atoms with Gasteiger partial charge in [-0.2, -0.15) is 0 Å². The maximum absolute atomic E-state index is 2.84. The van der Waals surface area contributed by atoms with Crippen LogP contribution in [-0.4, -0.2) is 29.8 Å². The fraction of sp³-hybridized carbons (Fsp3) is 0.647. The van der Waals surface area contributed by atoms with E-state index in [0.717, 1.165) is 17.9 Å². The van der Waals surface area contributed by atoms with E-state index in [-0.39, 0.29) is 0 Å². The van der Waals surface area contributed by atoms with Gasteiger partial charge in [0.25, 0.3) is 0 Å². The summed E-state index contributed by atoms with van der Waals surface area (Å²) in [7, 11) is 0. The summed E-state index contributed by atoms with van der Waals surface area (Å²) < 4.78 is 0. The predicted molar refractivity (Wildman–Crippen MR) is 81.8 cm³/mol. The number of fused-ring (bicyclic) bond motifs is 2. The van der Waals surface area contributed by atoms with Gasteiger partial charge in [0.05, 0.1) is 0 Å². The maximum atomic E-state index is 2.84. The van der Waals surface area contributed by atoms with Gasteiger partial charge in [-0.3, -0.25) is 4.90 Å². The molecule has 0 bridgehead atoms. The first-order valence-corrected chi connectivity index (χ1v) is 8.86. The number of thioether (sulfide) groups is 1. The molecule has 1 nitrogen and oxygen atoms in total. The fourth-order valence-electron chi connectivity index (χ4n) is 4.45. The van der Waals surface area contributed by atoms with Crippen molar-refractivity contribution in [3.8, 4) is 0 Å². The van der Waals surface area contributed by atoms with Gasteiger partial charge < -0.3 is 0 Å². The van der Waals surface area contributed by atoms with Crippen LogP contribution < -0.4 is 0 Å². The first kappa shape index (κ1) is 12.3. The molecule has 2 fully saturated rings. The molecule has 3 aliphatic rings. The molecule has 0 amide bonds. The van der Waals surface area contributed by atoms with Crippen LogP contribution in [0.3, 0.4) is 0 Å². The summed E-state index contributed by atoms with van der Waals surface area (Å²) in [6.07, 6.45) is 7.37. The van der Waals surface area contributed by atoms with Gasteiger partial charge in [-0.15, -0.1) is 11.8 Å². The van der Waals surface area contributed by atoms with Crippen LogP contribution in [0.25, 0.3) is 0 Å². The van der Waals surface area contributed by atoms with Gasteiger partial charge in [-0.1, -0.05) is 24.6 Å². The molecule has 2 heterocycles. The zero-order chi connectivity index (χ0) is 12.7. The predicted octanol–water partition coefficient (Wildman–Crippen LogP) is 4.14. The number of nitrogens with zero attached hydrogens (tertiary/aromatic N) is 1. The molecule has 1 saturated carbocycles. The summed E-state index contributed by atoms with van der Waals surface area (Å²) in [5.74, 6) is 3.10. The third-order valence-electron chi connectivity index (χ3n) is 5.36. The van der Waals surface area contributed by atoms with E-state index in [9.17, 15) is 0 Å². The largest absolute Gasteiger partial charge is 0.299 e. The zero-order valence-corrected chi connectivity index (χ0v) is 12.4. The summed E-state index contributed by atoms with van der Waals surface area (Å²) in [5, 5.41) is 0. The number of likely N-dealkylation sites (tertiary alicyclic amines) is 1. The SMILES string of the molecule is c1ccc2c(c1)SCC2CN1CCCC2CCCC21. The molecule has 0 radical (unpaired) electrons. The molecule has 0 aromatic heterocycles. The van der Waals surface area contributed by atoms with E-state index in [2.05, 4.69) is 40.9 Å². The van der Waals surface area contributed by atoms with Gasteiger partial charge >= 0.3 is 0 Å². The van der Waals surface area contributed by atoms with Gasteiger partial charge in [0.15, 0.2) is 0 Å². The molecule has 19 heavy (non-hydrogen) atoms. The van der Waals surface area contributed by atoms with Crippen LogP contribution in [0.1, 0.15) is 43.6 Å². The topological polar surface area (TPSA) is 3.24 Å². The Morgan fingerprint density at radius 1 is 1.11 bits per heavy atom. The van der Waals surface area contributed by atoms with Crippen molar-refractivity contribution in [2.45, 2.75) is 49.0 Å². The molecule has 3 unspecified atom stereocenters. The second kappa shape index (κ2) is 5.14. The van der Waals surface area contributed by atoms with Crippen molar-refractivity contribution in [2.75, 3.05) is 18.8 Å². The first-order chi connectivity index (χ1) is 9.42. The van der Waals surface area contributed by atoms with E-state index in [1.807, 2.05) is 0 Å². The van der Waals surface area contributed by atoms with Crippen molar-refractivity contribution in [3.05, 3.63) is 29.8 Å². The van der Waals surface area contributed by atoms with Gasteiger partial charge in [0.1, 0.15) is 0 Å². The van der Waals surface area contributed by atoms with E-state index >= 15 is 0 Å². The minimum atomic E-state index is 0.778. The van der Waals surface area contributed by atoms with Crippen molar-refractivity contribution >= 4 is 11.8 Å². The number of hydrogen-bond donors (Lipinski definition) is 0. The smallest absolute Gasteiger partial charge is 0.0124 e. The van der Waals surface area contributed by atoms with E-state index in [4.69, 9.17) is 0 Å². The molecule has 1 saturated heterocycles. The average molecular weight is 273 g/mol. The molecule has 0 N–H and O–H groups in total. The zero-order valence-electron chi connectivity index (χ0n) is 11.6. The van der Waals surface area contributed by atoms with Crippen molar-refractivity contribution in [3.63, 3.8) is 0 Å². The summed E-state index contributed by atoms with van der Waals surface area (Å²) in [6.45, 7) is 2.66. The van der Waals surface area contributed by atoms with Gasteiger partial charge in [-0.05, 0) is 49.8 Å². The van der Waals surface area contributed by atoms with E-state index in [1.165, 1.54) is 55.8 Å². The number of hydrogen-bond acceptors (Lipinski definition) is 2. The summed E-state index contributed by atoms with van der Waals surface area (Å²) >= 11 is 2.06. The van der Waals surface area contributed by atoms with Crippen molar-refractivity contribution in [1.29, 1.82) is 0 Å². The van der Waals surface area contributed by atoms with Crippen LogP contribution in [0.2, 0.25) is 0 Å². The summed E-state index contributed by atoms with van der Waals surface area (Å²) in [5.41, 5.74) is 1.62. The van der Waals surface area contributed by atoms with Crippen LogP contribution in [0, 0.1) is 5.92 Å². The molecule has 3 atom stereocenters. The van der Waals surface area contributed by atoms with Gasteiger partial charge in [0, 0.05) is 29.2 Å². The maximum Gasteiger partial charge on any atom is 0.0124 e. The summed E-state index contributed by atoms with van der Waals surface area (Å²) in [6, 6.07) is 9.98. The van der Waals surface area contributed by atoms with Crippen LogP contribution in [0.5, 0.6) is 0 Å². The Morgan fingerprint density at radius 3 is 3.00 bits per heavy atom. The van der Waals surface area contributed by atoms with Crippen LogP contribution in [-0.2, 0) is 0 Å².